The van der Waals surface area contributed by atoms with Crippen LogP contribution in [0, 0.1) is 5.92 Å². The summed E-state index contributed by atoms with van der Waals surface area (Å²) in [4.78, 5) is 25.8. The Hall–Kier alpha value is -2.30. The third-order valence-corrected chi connectivity index (χ3v) is 3.37. The van der Waals surface area contributed by atoms with E-state index >= 15 is 0 Å². The van der Waals surface area contributed by atoms with Gasteiger partial charge in [0.2, 0.25) is 11.8 Å². The fourth-order valence-corrected chi connectivity index (χ4v) is 2.39. The Balaban J connectivity index is 2.13. The van der Waals surface area contributed by atoms with Gasteiger partial charge in [-0.05, 0) is 19.1 Å². The van der Waals surface area contributed by atoms with Gasteiger partial charge >= 0.3 is 0 Å². The van der Waals surface area contributed by atoms with Crippen LogP contribution in [-0.2, 0) is 9.59 Å². The Labute approximate surface area is 124 Å². The minimum atomic E-state index is -0.327. The van der Waals surface area contributed by atoms with E-state index in [1.54, 1.807) is 11.0 Å². The predicted molar refractivity (Wildman–Crippen MR) is 81.3 cm³/mol. The smallest absolute Gasteiger partial charge is 0.227 e. The summed E-state index contributed by atoms with van der Waals surface area (Å²) in [6.45, 7) is 6.78. The van der Waals surface area contributed by atoms with E-state index in [1.165, 1.54) is 0 Å². The molecule has 5 nitrogen and oxygen atoms in total. The quantitative estimate of drug-likeness (QED) is 0.811. The van der Waals surface area contributed by atoms with Gasteiger partial charge in [0.15, 0.2) is 0 Å². The maximum Gasteiger partial charge on any atom is 0.227 e. The minimum Gasteiger partial charge on any atom is -0.492 e. The van der Waals surface area contributed by atoms with Crippen molar-refractivity contribution < 1.29 is 14.3 Å². The molecule has 0 radical (unpaired) electrons. The zero-order valence-electron chi connectivity index (χ0n) is 12.2. The molecule has 21 heavy (non-hydrogen) atoms. The van der Waals surface area contributed by atoms with Crippen LogP contribution in [0.15, 0.2) is 36.9 Å². The van der Waals surface area contributed by atoms with Gasteiger partial charge in [0.1, 0.15) is 5.75 Å². The fraction of sp³-hybridized carbons (Fsp3) is 0.375. The van der Waals surface area contributed by atoms with Crippen molar-refractivity contribution in [1.82, 2.24) is 5.32 Å². The molecule has 0 aromatic heterocycles. The molecule has 0 unspecified atom stereocenters. The first kappa shape index (κ1) is 15.1. The van der Waals surface area contributed by atoms with E-state index in [9.17, 15) is 9.59 Å². The molecule has 0 spiro atoms. The molecule has 1 atom stereocenters. The molecule has 1 fully saturated rings. The van der Waals surface area contributed by atoms with Crippen LogP contribution >= 0.6 is 0 Å². The first-order valence-corrected chi connectivity index (χ1v) is 7.08. The number of nitrogens with zero attached hydrogens (tertiary/aromatic N) is 1. The summed E-state index contributed by atoms with van der Waals surface area (Å²) < 4.78 is 5.55. The number of carbonyl (C=O) groups excluding carboxylic acids is 2. The van der Waals surface area contributed by atoms with E-state index in [2.05, 4.69) is 11.9 Å². The Kier molecular flexibility index (Phi) is 4.98. The third-order valence-electron chi connectivity index (χ3n) is 3.37. The van der Waals surface area contributed by atoms with Crippen molar-refractivity contribution in [1.29, 1.82) is 0 Å². The van der Waals surface area contributed by atoms with Gasteiger partial charge in [-0.25, -0.2) is 0 Å². The molecule has 1 aromatic rings. The summed E-state index contributed by atoms with van der Waals surface area (Å²) in [7, 11) is 0. The maximum absolute atomic E-state index is 12.2. The number of carbonyl (C=O) groups is 2. The first-order valence-electron chi connectivity index (χ1n) is 7.08. The Morgan fingerprint density at radius 1 is 1.52 bits per heavy atom. The Morgan fingerprint density at radius 2 is 2.29 bits per heavy atom. The van der Waals surface area contributed by atoms with Gasteiger partial charge in [-0.15, -0.1) is 6.58 Å². The number of amides is 2. The van der Waals surface area contributed by atoms with Crippen LogP contribution in [0.5, 0.6) is 5.75 Å². The lowest BCUT2D eigenvalue weighted by atomic mass is 10.1. The lowest BCUT2D eigenvalue weighted by molar-refractivity contribution is -0.126. The summed E-state index contributed by atoms with van der Waals surface area (Å²) in [6.07, 6.45) is 1.85. The average molecular weight is 288 g/mol. The van der Waals surface area contributed by atoms with Crippen molar-refractivity contribution in [3.8, 4) is 5.75 Å². The lowest BCUT2D eigenvalue weighted by Gasteiger charge is -2.20. The van der Waals surface area contributed by atoms with Gasteiger partial charge in [-0.1, -0.05) is 18.2 Å². The van der Waals surface area contributed by atoms with Crippen molar-refractivity contribution in [2.75, 3.05) is 24.6 Å². The highest BCUT2D eigenvalue weighted by atomic mass is 16.5. The Morgan fingerprint density at radius 3 is 3.00 bits per heavy atom. The van der Waals surface area contributed by atoms with E-state index in [0.29, 0.717) is 25.4 Å². The predicted octanol–water partition coefficient (Wildman–Crippen LogP) is 1.74. The van der Waals surface area contributed by atoms with Gasteiger partial charge in [0.25, 0.3) is 0 Å². The van der Waals surface area contributed by atoms with E-state index in [0.717, 1.165) is 5.69 Å². The molecule has 1 aliphatic rings. The molecular formula is C16H20N2O3. The largest absolute Gasteiger partial charge is 0.492 e. The number of para-hydroxylation sites is 2. The number of hydrogen-bond acceptors (Lipinski definition) is 3. The number of ether oxygens (including phenoxy) is 1. The molecule has 1 saturated heterocycles. The summed E-state index contributed by atoms with van der Waals surface area (Å²) in [6, 6.07) is 7.39. The second-order valence-electron chi connectivity index (χ2n) is 4.84. The molecule has 0 aliphatic carbocycles. The highest BCUT2D eigenvalue weighted by Gasteiger charge is 2.35. The molecule has 0 bridgehead atoms. The first-order chi connectivity index (χ1) is 10.2. The number of hydrogen-bond donors (Lipinski definition) is 1. The van der Waals surface area contributed by atoms with Gasteiger partial charge in [0, 0.05) is 19.5 Å². The van der Waals surface area contributed by atoms with Crippen LogP contribution in [-0.4, -0.2) is 31.5 Å². The van der Waals surface area contributed by atoms with Crippen LogP contribution in [0.2, 0.25) is 0 Å². The molecule has 1 aliphatic heterocycles. The standard InChI is InChI=1S/C16H20N2O3/c1-3-9-17-16(20)12-10-15(19)18(11-12)13-7-5-6-8-14(13)21-4-2/h3,5-8,12H,1,4,9-11H2,2H3,(H,17,20)/t12-/m0/s1. The van der Waals surface area contributed by atoms with Crippen molar-refractivity contribution in [2.45, 2.75) is 13.3 Å². The zero-order valence-corrected chi connectivity index (χ0v) is 12.2. The third kappa shape index (κ3) is 3.42. The van der Waals surface area contributed by atoms with E-state index < -0.39 is 0 Å². The van der Waals surface area contributed by atoms with Gasteiger partial charge in [-0.3, -0.25) is 9.59 Å². The fourth-order valence-electron chi connectivity index (χ4n) is 2.39. The SMILES string of the molecule is C=CCNC(=O)[C@H]1CC(=O)N(c2ccccc2OCC)C1. The molecule has 1 N–H and O–H groups in total. The van der Waals surface area contributed by atoms with Gasteiger partial charge in [-0.2, -0.15) is 0 Å². The molecule has 0 saturated carbocycles. The van der Waals surface area contributed by atoms with Crippen LogP contribution in [0.4, 0.5) is 5.69 Å². The topological polar surface area (TPSA) is 58.6 Å². The second-order valence-corrected chi connectivity index (χ2v) is 4.84. The monoisotopic (exact) mass is 288 g/mol. The Bertz CT molecular complexity index is 542. The van der Waals surface area contributed by atoms with E-state index in [1.807, 2.05) is 31.2 Å². The van der Waals surface area contributed by atoms with Crippen molar-refractivity contribution in [3.05, 3.63) is 36.9 Å². The number of nitrogens with one attached hydrogen (secondary N) is 1. The summed E-state index contributed by atoms with van der Waals surface area (Å²) in [5.41, 5.74) is 0.725. The number of anilines is 1. The normalized spacial score (nSPS) is 17.7. The average Bonchev–Trinajstić information content (AvgIpc) is 2.87. The number of rotatable bonds is 6. The van der Waals surface area contributed by atoms with Crippen molar-refractivity contribution >= 4 is 17.5 Å². The van der Waals surface area contributed by atoms with E-state index in [4.69, 9.17) is 4.74 Å². The van der Waals surface area contributed by atoms with Gasteiger partial charge in [0.05, 0.1) is 18.2 Å². The lowest BCUT2D eigenvalue weighted by Crippen LogP contribution is -2.33. The maximum atomic E-state index is 12.2. The molecular weight excluding hydrogens is 268 g/mol. The molecule has 2 amide bonds. The molecule has 112 valence electrons. The van der Waals surface area contributed by atoms with Crippen LogP contribution in [0.3, 0.4) is 0 Å². The molecule has 1 aromatic carbocycles. The summed E-state index contributed by atoms with van der Waals surface area (Å²) in [5.74, 6) is 0.174. The minimum absolute atomic E-state index is 0.0547. The molecule has 1 heterocycles. The highest BCUT2D eigenvalue weighted by molar-refractivity contribution is 6.01. The second kappa shape index (κ2) is 6.92. The van der Waals surface area contributed by atoms with Crippen molar-refractivity contribution in [3.63, 3.8) is 0 Å². The van der Waals surface area contributed by atoms with Crippen molar-refractivity contribution in [2.24, 2.45) is 5.92 Å². The van der Waals surface area contributed by atoms with Crippen LogP contribution in [0.25, 0.3) is 0 Å². The molecule has 2 rings (SSSR count). The summed E-state index contributed by atoms with van der Waals surface area (Å²) >= 11 is 0. The number of benzene rings is 1. The zero-order chi connectivity index (χ0) is 15.2. The van der Waals surface area contributed by atoms with Crippen LogP contribution in [0.1, 0.15) is 13.3 Å². The summed E-state index contributed by atoms with van der Waals surface area (Å²) in [5, 5.41) is 2.74. The van der Waals surface area contributed by atoms with E-state index in [-0.39, 0.29) is 24.2 Å². The molecule has 5 heteroatoms. The van der Waals surface area contributed by atoms with Gasteiger partial charge < -0.3 is 15.0 Å². The highest BCUT2D eigenvalue weighted by Crippen LogP contribution is 2.33. The van der Waals surface area contributed by atoms with Crippen LogP contribution < -0.4 is 15.0 Å².